The van der Waals surface area contributed by atoms with Crippen LogP contribution < -0.4 is 29.7 Å². The highest BCUT2D eigenvalue weighted by Gasteiger charge is 2.32. The molecule has 7 nitrogen and oxygen atoms in total. The molecule has 1 aromatic heterocycles. The van der Waals surface area contributed by atoms with Gasteiger partial charge in [0.25, 0.3) is 11.5 Å². The second-order valence-corrected chi connectivity index (χ2v) is 11.0. The molecule has 0 saturated heterocycles. The molecular formula is C35H29N3O4S. The van der Waals surface area contributed by atoms with Gasteiger partial charge in [0.15, 0.2) is 4.80 Å². The van der Waals surface area contributed by atoms with Crippen molar-refractivity contribution in [1.29, 1.82) is 0 Å². The maximum absolute atomic E-state index is 14.1. The predicted molar refractivity (Wildman–Crippen MR) is 169 cm³/mol. The van der Waals surface area contributed by atoms with Gasteiger partial charge in [0, 0.05) is 11.3 Å². The molecule has 2 heterocycles. The average Bonchev–Trinajstić information content (AvgIpc) is 3.34. The molecule has 8 heteroatoms. The van der Waals surface area contributed by atoms with E-state index in [0.29, 0.717) is 44.4 Å². The summed E-state index contributed by atoms with van der Waals surface area (Å²) in [5.41, 5.74) is 3.91. The molecule has 1 amide bonds. The summed E-state index contributed by atoms with van der Waals surface area (Å²) in [6.45, 7) is 2.21. The first kappa shape index (κ1) is 27.9. The van der Waals surface area contributed by atoms with Gasteiger partial charge in [-0.1, -0.05) is 90.2 Å². The zero-order valence-corrected chi connectivity index (χ0v) is 24.5. The fraction of sp³-hybridized carbons (Fsp3) is 0.114. The Morgan fingerprint density at radius 1 is 0.953 bits per heavy atom. The molecule has 0 bridgehead atoms. The van der Waals surface area contributed by atoms with Gasteiger partial charge in [0.05, 0.1) is 29.0 Å². The normalized spacial score (nSPS) is 14.6. The summed E-state index contributed by atoms with van der Waals surface area (Å²) in [7, 11) is 1.59. The molecule has 43 heavy (non-hydrogen) atoms. The van der Waals surface area contributed by atoms with Crippen molar-refractivity contribution in [3.63, 3.8) is 0 Å². The molecule has 1 N–H and O–H groups in total. The lowest BCUT2D eigenvalue weighted by atomic mass is 9.95. The van der Waals surface area contributed by atoms with Crippen LogP contribution in [0.4, 0.5) is 5.69 Å². The molecule has 6 rings (SSSR count). The van der Waals surface area contributed by atoms with E-state index < -0.39 is 6.04 Å². The van der Waals surface area contributed by atoms with Crippen molar-refractivity contribution in [2.75, 3.05) is 12.4 Å². The largest absolute Gasteiger partial charge is 0.497 e. The summed E-state index contributed by atoms with van der Waals surface area (Å²) in [6.07, 6.45) is 1.83. The number of anilines is 1. The lowest BCUT2D eigenvalue weighted by molar-refractivity contribution is -0.113. The summed E-state index contributed by atoms with van der Waals surface area (Å²) in [6, 6.07) is 33.5. The highest BCUT2D eigenvalue weighted by molar-refractivity contribution is 7.07. The minimum Gasteiger partial charge on any atom is -0.497 e. The maximum Gasteiger partial charge on any atom is 0.271 e. The SMILES string of the molecule is COc1cccc([C@@H]2C(C(=O)Nc3ccccc3)=C(C)N=c3s/c(=C/c4ccccc4OCc4ccccc4)c(=O)n32)c1. The van der Waals surface area contributed by atoms with Crippen molar-refractivity contribution in [3.05, 3.63) is 157 Å². The molecule has 1 aliphatic rings. The first-order chi connectivity index (χ1) is 21.0. The number of rotatable bonds is 8. The van der Waals surface area contributed by atoms with Gasteiger partial charge in [-0.2, -0.15) is 0 Å². The first-order valence-electron chi connectivity index (χ1n) is 13.8. The molecular weight excluding hydrogens is 558 g/mol. The molecule has 0 spiro atoms. The Morgan fingerprint density at radius 2 is 1.67 bits per heavy atom. The Morgan fingerprint density at radius 3 is 2.44 bits per heavy atom. The fourth-order valence-corrected chi connectivity index (χ4v) is 6.10. The van der Waals surface area contributed by atoms with E-state index in [9.17, 15) is 9.59 Å². The third-order valence-electron chi connectivity index (χ3n) is 7.15. The van der Waals surface area contributed by atoms with E-state index in [1.807, 2.05) is 115 Å². The number of aromatic nitrogens is 1. The monoisotopic (exact) mass is 587 g/mol. The quantitative estimate of drug-likeness (QED) is 0.261. The van der Waals surface area contributed by atoms with Crippen molar-refractivity contribution >= 4 is 29.0 Å². The number of para-hydroxylation sites is 2. The van der Waals surface area contributed by atoms with E-state index in [1.165, 1.54) is 11.3 Å². The number of benzene rings is 4. The Labute approximate surface area is 252 Å². The molecule has 1 atom stereocenters. The van der Waals surface area contributed by atoms with Gasteiger partial charge in [-0.15, -0.1) is 0 Å². The minimum absolute atomic E-state index is 0.244. The highest BCUT2D eigenvalue weighted by atomic mass is 32.1. The van der Waals surface area contributed by atoms with Gasteiger partial charge in [-0.25, -0.2) is 4.99 Å². The lowest BCUT2D eigenvalue weighted by Gasteiger charge is -2.25. The van der Waals surface area contributed by atoms with Crippen LogP contribution in [0, 0.1) is 0 Å². The van der Waals surface area contributed by atoms with E-state index >= 15 is 0 Å². The van der Waals surface area contributed by atoms with E-state index in [2.05, 4.69) is 5.32 Å². The molecule has 5 aromatic rings. The highest BCUT2D eigenvalue weighted by Crippen LogP contribution is 2.32. The van der Waals surface area contributed by atoms with Crippen LogP contribution in [0.3, 0.4) is 0 Å². The van der Waals surface area contributed by atoms with E-state index in [-0.39, 0.29) is 11.5 Å². The fourth-order valence-electron chi connectivity index (χ4n) is 5.07. The first-order valence-corrected chi connectivity index (χ1v) is 14.6. The smallest absolute Gasteiger partial charge is 0.271 e. The maximum atomic E-state index is 14.1. The number of hydrogen-bond acceptors (Lipinski definition) is 6. The predicted octanol–water partition coefficient (Wildman–Crippen LogP) is 5.46. The molecule has 0 saturated carbocycles. The zero-order valence-electron chi connectivity index (χ0n) is 23.7. The third kappa shape index (κ3) is 5.91. The number of hydrogen-bond donors (Lipinski definition) is 1. The van der Waals surface area contributed by atoms with Crippen LogP contribution in [0.5, 0.6) is 11.5 Å². The van der Waals surface area contributed by atoms with Crippen LogP contribution in [0.2, 0.25) is 0 Å². The number of nitrogens with one attached hydrogen (secondary N) is 1. The topological polar surface area (TPSA) is 81.9 Å². The van der Waals surface area contributed by atoms with Crippen LogP contribution in [0.15, 0.2) is 130 Å². The van der Waals surface area contributed by atoms with Crippen LogP contribution in [-0.2, 0) is 11.4 Å². The zero-order chi connectivity index (χ0) is 29.8. The van der Waals surface area contributed by atoms with E-state index in [0.717, 1.165) is 16.7 Å². The Balaban J connectivity index is 1.44. The number of thiazole rings is 1. The molecule has 0 aliphatic carbocycles. The Bertz CT molecular complexity index is 2000. The van der Waals surface area contributed by atoms with E-state index in [4.69, 9.17) is 14.5 Å². The molecule has 0 unspecified atom stereocenters. The average molecular weight is 588 g/mol. The van der Waals surface area contributed by atoms with Crippen molar-refractivity contribution in [2.24, 2.45) is 4.99 Å². The number of fused-ring (bicyclic) bond motifs is 1. The van der Waals surface area contributed by atoms with Crippen LogP contribution in [0.1, 0.15) is 29.7 Å². The number of ether oxygens (including phenoxy) is 2. The second-order valence-electron chi connectivity index (χ2n) is 9.99. The number of carbonyl (C=O) groups excluding carboxylic acids is 1. The summed E-state index contributed by atoms with van der Waals surface area (Å²) in [4.78, 5) is 33.2. The van der Waals surface area contributed by atoms with Crippen LogP contribution in [-0.4, -0.2) is 17.6 Å². The van der Waals surface area contributed by atoms with Crippen molar-refractivity contribution in [2.45, 2.75) is 19.6 Å². The van der Waals surface area contributed by atoms with Gasteiger partial charge in [0.1, 0.15) is 18.1 Å². The lowest BCUT2D eigenvalue weighted by Crippen LogP contribution is -2.40. The van der Waals surface area contributed by atoms with Crippen LogP contribution >= 0.6 is 11.3 Å². The third-order valence-corrected chi connectivity index (χ3v) is 8.13. The molecule has 1 aliphatic heterocycles. The Kier molecular flexibility index (Phi) is 8.02. The van der Waals surface area contributed by atoms with Gasteiger partial charge in [-0.05, 0) is 54.5 Å². The molecule has 214 valence electrons. The van der Waals surface area contributed by atoms with E-state index in [1.54, 1.807) is 18.6 Å². The van der Waals surface area contributed by atoms with Crippen molar-refractivity contribution < 1.29 is 14.3 Å². The Hall–Kier alpha value is -5.21. The number of carbonyl (C=O) groups is 1. The number of methoxy groups -OCH3 is 1. The summed E-state index contributed by atoms with van der Waals surface area (Å²) < 4.78 is 13.7. The van der Waals surface area contributed by atoms with Gasteiger partial charge in [0.2, 0.25) is 0 Å². The summed E-state index contributed by atoms with van der Waals surface area (Å²) in [5, 5.41) is 2.98. The summed E-state index contributed by atoms with van der Waals surface area (Å²) in [5.74, 6) is 0.969. The summed E-state index contributed by atoms with van der Waals surface area (Å²) >= 11 is 1.29. The van der Waals surface area contributed by atoms with Gasteiger partial charge < -0.3 is 14.8 Å². The van der Waals surface area contributed by atoms with Crippen LogP contribution in [0.25, 0.3) is 6.08 Å². The molecule has 0 fully saturated rings. The number of nitrogens with zero attached hydrogens (tertiary/aromatic N) is 2. The van der Waals surface area contributed by atoms with Crippen molar-refractivity contribution in [1.82, 2.24) is 4.57 Å². The minimum atomic E-state index is -0.707. The van der Waals surface area contributed by atoms with Gasteiger partial charge in [-0.3, -0.25) is 14.2 Å². The van der Waals surface area contributed by atoms with Crippen molar-refractivity contribution in [3.8, 4) is 11.5 Å². The second kappa shape index (κ2) is 12.3. The number of allylic oxidation sites excluding steroid dienone is 1. The standard InChI is InChI=1S/C35H29N3O4S/c1-23-31(33(39)37-27-16-7-4-8-17-27)32(26-15-11-18-28(20-26)41-2)38-34(40)30(43-35(38)36-23)21-25-14-9-10-19-29(25)42-22-24-12-5-3-6-13-24/h3-21,32H,22H2,1-2H3,(H,37,39)/b30-21+/t32-/m1/s1. The molecule has 4 aromatic carbocycles. The molecule has 0 radical (unpaired) electrons. The van der Waals surface area contributed by atoms with Gasteiger partial charge >= 0.3 is 0 Å². The number of amides is 1.